The summed E-state index contributed by atoms with van der Waals surface area (Å²) in [7, 11) is 1.91. The second kappa shape index (κ2) is 6.33. The minimum absolute atomic E-state index is 0.0857. The largest absolute Gasteiger partial charge is 0.374 e. The van der Waals surface area contributed by atoms with Crippen LogP contribution in [0.25, 0.3) is 0 Å². The third-order valence-corrected chi connectivity index (χ3v) is 2.54. The lowest BCUT2D eigenvalue weighted by molar-refractivity contribution is -0.125. The van der Waals surface area contributed by atoms with Crippen LogP contribution in [-0.4, -0.2) is 62.3 Å². The molecule has 5 nitrogen and oxygen atoms in total. The number of rotatable bonds is 4. The topological polar surface area (TPSA) is 53.6 Å². The van der Waals surface area contributed by atoms with Gasteiger partial charge in [-0.15, -0.1) is 0 Å². The lowest BCUT2D eigenvalue weighted by Crippen LogP contribution is -2.51. The predicted molar refractivity (Wildman–Crippen MR) is 68.0 cm³/mol. The second-order valence-electron chi connectivity index (χ2n) is 5.58. The Morgan fingerprint density at radius 2 is 2.18 bits per heavy atom. The monoisotopic (exact) mass is 243 g/mol. The first-order valence-corrected chi connectivity index (χ1v) is 6.20. The zero-order valence-electron chi connectivity index (χ0n) is 11.4. The van der Waals surface area contributed by atoms with Crippen molar-refractivity contribution in [1.29, 1.82) is 0 Å². The van der Waals surface area contributed by atoms with E-state index in [1.54, 1.807) is 0 Å². The number of amides is 1. The Kier molecular flexibility index (Phi) is 5.36. The van der Waals surface area contributed by atoms with Gasteiger partial charge in [0.25, 0.3) is 0 Å². The SMILES string of the molecule is CNCC1CN(CC(=O)NC(C)(C)C)CCO1. The van der Waals surface area contributed by atoms with E-state index in [0.717, 1.165) is 19.6 Å². The van der Waals surface area contributed by atoms with Crippen LogP contribution in [0.2, 0.25) is 0 Å². The normalized spacial score (nSPS) is 22.5. The number of likely N-dealkylation sites (N-methyl/N-ethyl adjacent to an activating group) is 1. The first-order valence-electron chi connectivity index (χ1n) is 6.20. The third-order valence-electron chi connectivity index (χ3n) is 2.54. The smallest absolute Gasteiger partial charge is 0.234 e. The lowest BCUT2D eigenvalue weighted by atomic mass is 10.1. The van der Waals surface area contributed by atoms with Gasteiger partial charge < -0.3 is 15.4 Å². The van der Waals surface area contributed by atoms with Crippen molar-refractivity contribution < 1.29 is 9.53 Å². The van der Waals surface area contributed by atoms with Gasteiger partial charge in [0.05, 0.1) is 19.3 Å². The predicted octanol–water partition coefficient (Wildman–Crippen LogP) is -0.179. The molecule has 1 amide bonds. The molecule has 0 aromatic heterocycles. The van der Waals surface area contributed by atoms with Crippen molar-refractivity contribution in [1.82, 2.24) is 15.5 Å². The van der Waals surface area contributed by atoms with Crippen LogP contribution in [0, 0.1) is 0 Å². The van der Waals surface area contributed by atoms with Crippen LogP contribution in [0.1, 0.15) is 20.8 Å². The molecule has 17 heavy (non-hydrogen) atoms. The number of hydrogen-bond donors (Lipinski definition) is 2. The number of ether oxygens (including phenoxy) is 1. The summed E-state index contributed by atoms with van der Waals surface area (Å²) in [4.78, 5) is 13.9. The van der Waals surface area contributed by atoms with Crippen LogP contribution in [0.5, 0.6) is 0 Å². The molecule has 1 saturated heterocycles. The molecule has 1 unspecified atom stereocenters. The van der Waals surface area contributed by atoms with Crippen molar-refractivity contribution in [3.63, 3.8) is 0 Å². The van der Waals surface area contributed by atoms with Gasteiger partial charge in [0.1, 0.15) is 0 Å². The summed E-state index contributed by atoms with van der Waals surface area (Å²) in [5.74, 6) is 0.0857. The molecular formula is C12H25N3O2. The molecular weight excluding hydrogens is 218 g/mol. The summed E-state index contributed by atoms with van der Waals surface area (Å²) in [5, 5.41) is 6.07. The molecule has 1 heterocycles. The van der Waals surface area contributed by atoms with E-state index in [0.29, 0.717) is 13.2 Å². The Hall–Kier alpha value is -0.650. The van der Waals surface area contributed by atoms with Gasteiger partial charge in [0.2, 0.25) is 5.91 Å². The molecule has 0 aromatic carbocycles. The maximum atomic E-state index is 11.8. The molecule has 0 radical (unpaired) electrons. The lowest BCUT2D eigenvalue weighted by Gasteiger charge is -2.33. The Bertz CT molecular complexity index is 249. The fourth-order valence-electron chi connectivity index (χ4n) is 1.94. The van der Waals surface area contributed by atoms with E-state index in [1.165, 1.54) is 0 Å². The number of nitrogens with one attached hydrogen (secondary N) is 2. The average Bonchev–Trinajstić information content (AvgIpc) is 2.15. The van der Waals surface area contributed by atoms with Crippen molar-refractivity contribution in [2.75, 3.05) is 39.8 Å². The van der Waals surface area contributed by atoms with Gasteiger partial charge in [-0.25, -0.2) is 0 Å². The van der Waals surface area contributed by atoms with E-state index in [4.69, 9.17) is 4.74 Å². The number of morpholine rings is 1. The van der Waals surface area contributed by atoms with Crippen molar-refractivity contribution in [2.45, 2.75) is 32.4 Å². The molecule has 1 aliphatic rings. The highest BCUT2D eigenvalue weighted by molar-refractivity contribution is 5.78. The molecule has 1 aliphatic heterocycles. The van der Waals surface area contributed by atoms with Crippen molar-refractivity contribution in [2.24, 2.45) is 0 Å². The fourth-order valence-corrected chi connectivity index (χ4v) is 1.94. The Morgan fingerprint density at radius 1 is 1.47 bits per heavy atom. The highest BCUT2D eigenvalue weighted by atomic mass is 16.5. The molecule has 1 rings (SSSR count). The molecule has 0 saturated carbocycles. The van der Waals surface area contributed by atoms with Gasteiger partial charge in [0, 0.05) is 25.2 Å². The number of carbonyl (C=O) groups excluding carboxylic acids is 1. The van der Waals surface area contributed by atoms with Crippen molar-refractivity contribution >= 4 is 5.91 Å². The molecule has 0 bridgehead atoms. The quantitative estimate of drug-likeness (QED) is 0.719. The Morgan fingerprint density at radius 3 is 2.76 bits per heavy atom. The summed E-state index contributed by atoms with van der Waals surface area (Å²) in [6, 6.07) is 0. The van der Waals surface area contributed by atoms with Crippen LogP contribution in [0.15, 0.2) is 0 Å². The molecule has 0 spiro atoms. The van der Waals surface area contributed by atoms with Gasteiger partial charge in [-0.1, -0.05) is 0 Å². The highest BCUT2D eigenvalue weighted by Gasteiger charge is 2.22. The molecule has 1 fully saturated rings. The first kappa shape index (κ1) is 14.4. The molecule has 0 aromatic rings. The molecule has 1 atom stereocenters. The minimum atomic E-state index is -0.159. The maximum Gasteiger partial charge on any atom is 0.234 e. The summed E-state index contributed by atoms with van der Waals surface area (Å²) < 4.78 is 5.60. The average molecular weight is 243 g/mol. The number of hydrogen-bond acceptors (Lipinski definition) is 4. The fraction of sp³-hybridized carbons (Fsp3) is 0.917. The van der Waals surface area contributed by atoms with E-state index < -0.39 is 0 Å². The van der Waals surface area contributed by atoms with Crippen LogP contribution in [0.4, 0.5) is 0 Å². The van der Waals surface area contributed by atoms with Crippen LogP contribution in [-0.2, 0) is 9.53 Å². The van der Waals surface area contributed by atoms with Crippen molar-refractivity contribution in [3.8, 4) is 0 Å². The molecule has 5 heteroatoms. The van der Waals surface area contributed by atoms with Gasteiger partial charge >= 0.3 is 0 Å². The van der Waals surface area contributed by atoms with Gasteiger partial charge in [-0.2, -0.15) is 0 Å². The number of nitrogens with zero attached hydrogens (tertiary/aromatic N) is 1. The Labute approximate surface area is 104 Å². The number of carbonyl (C=O) groups is 1. The molecule has 2 N–H and O–H groups in total. The molecule has 0 aliphatic carbocycles. The van der Waals surface area contributed by atoms with Gasteiger partial charge in [0.15, 0.2) is 0 Å². The van der Waals surface area contributed by atoms with E-state index >= 15 is 0 Å². The van der Waals surface area contributed by atoms with Crippen LogP contribution in [0.3, 0.4) is 0 Å². The third kappa shape index (κ3) is 6.00. The molecule has 100 valence electrons. The van der Waals surface area contributed by atoms with E-state index in [9.17, 15) is 4.79 Å². The summed E-state index contributed by atoms with van der Waals surface area (Å²) in [5.41, 5.74) is -0.159. The standard InChI is InChI=1S/C12H25N3O2/c1-12(2,3)14-11(16)9-15-5-6-17-10(8-15)7-13-4/h10,13H,5-9H2,1-4H3,(H,14,16). The van der Waals surface area contributed by atoms with E-state index in [2.05, 4.69) is 15.5 Å². The summed E-state index contributed by atoms with van der Waals surface area (Å²) >= 11 is 0. The minimum Gasteiger partial charge on any atom is -0.374 e. The zero-order chi connectivity index (χ0) is 12.9. The van der Waals surface area contributed by atoms with Crippen LogP contribution >= 0.6 is 0 Å². The first-order chi connectivity index (χ1) is 7.90. The highest BCUT2D eigenvalue weighted by Crippen LogP contribution is 2.05. The maximum absolute atomic E-state index is 11.8. The van der Waals surface area contributed by atoms with Gasteiger partial charge in [-0.05, 0) is 27.8 Å². The Balaban J connectivity index is 2.33. The van der Waals surface area contributed by atoms with Crippen molar-refractivity contribution in [3.05, 3.63) is 0 Å². The van der Waals surface area contributed by atoms with Crippen LogP contribution < -0.4 is 10.6 Å². The van der Waals surface area contributed by atoms with E-state index in [1.807, 2.05) is 27.8 Å². The van der Waals surface area contributed by atoms with E-state index in [-0.39, 0.29) is 17.6 Å². The summed E-state index contributed by atoms with van der Waals surface area (Å²) in [6.45, 7) is 9.62. The van der Waals surface area contributed by atoms with Gasteiger partial charge in [-0.3, -0.25) is 9.69 Å². The summed E-state index contributed by atoms with van der Waals surface area (Å²) in [6.07, 6.45) is 0.191. The zero-order valence-corrected chi connectivity index (χ0v) is 11.4. The second-order valence-corrected chi connectivity index (χ2v) is 5.58.